The van der Waals surface area contributed by atoms with E-state index in [2.05, 4.69) is 16.8 Å². The molecule has 1 heterocycles. The molecule has 0 saturated carbocycles. The maximum atomic E-state index is 12.2. The molecule has 6 heteroatoms. The van der Waals surface area contributed by atoms with Gasteiger partial charge in [0.05, 0.1) is 26.4 Å². The van der Waals surface area contributed by atoms with E-state index in [0.29, 0.717) is 23.7 Å². The van der Waals surface area contributed by atoms with E-state index in [9.17, 15) is 4.79 Å². The molecule has 1 aromatic rings. The Labute approximate surface area is 144 Å². The van der Waals surface area contributed by atoms with Gasteiger partial charge >= 0.3 is 5.97 Å². The third-order valence-electron chi connectivity index (χ3n) is 4.25. The van der Waals surface area contributed by atoms with Crippen LogP contribution in [0.4, 0.5) is 0 Å². The molecule has 0 spiro atoms. The highest BCUT2D eigenvalue weighted by Gasteiger charge is 2.13. The van der Waals surface area contributed by atoms with Crippen molar-refractivity contribution in [2.75, 3.05) is 60.6 Å². The quantitative estimate of drug-likeness (QED) is 0.560. The van der Waals surface area contributed by atoms with Crippen molar-refractivity contribution in [1.82, 2.24) is 9.80 Å². The number of carbonyl (C=O) groups is 1. The number of hydrogen-bond donors (Lipinski definition) is 0. The van der Waals surface area contributed by atoms with Crippen LogP contribution in [0.2, 0.25) is 0 Å². The Balaban J connectivity index is 1.77. The van der Waals surface area contributed by atoms with Crippen LogP contribution in [-0.4, -0.2) is 76.4 Å². The molecule has 0 unspecified atom stereocenters. The van der Waals surface area contributed by atoms with E-state index in [0.717, 1.165) is 39.1 Å². The highest BCUT2D eigenvalue weighted by atomic mass is 16.5. The fourth-order valence-electron chi connectivity index (χ4n) is 2.79. The molecule has 0 atom stereocenters. The monoisotopic (exact) mass is 336 g/mol. The van der Waals surface area contributed by atoms with Crippen LogP contribution in [0.15, 0.2) is 18.2 Å². The fourth-order valence-corrected chi connectivity index (χ4v) is 2.79. The fraction of sp³-hybridized carbons (Fsp3) is 0.611. The molecule has 1 aliphatic rings. The lowest BCUT2D eigenvalue weighted by molar-refractivity contribution is 0.0488. The Kier molecular flexibility index (Phi) is 7.34. The van der Waals surface area contributed by atoms with Gasteiger partial charge in [-0.05, 0) is 45.1 Å². The molecule has 0 bridgehead atoms. The van der Waals surface area contributed by atoms with Gasteiger partial charge in [-0.25, -0.2) is 4.79 Å². The Bertz CT molecular complexity index is 514. The number of methoxy groups -OCH3 is 2. The van der Waals surface area contributed by atoms with Gasteiger partial charge in [0.2, 0.25) is 0 Å². The lowest BCUT2D eigenvalue weighted by Crippen LogP contribution is -2.30. The Morgan fingerprint density at radius 3 is 2.42 bits per heavy atom. The normalized spacial score (nSPS) is 16.5. The topological polar surface area (TPSA) is 51.2 Å². The van der Waals surface area contributed by atoms with Crippen LogP contribution < -0.4 is 9.47 Å². The zero-order chi connectivity index (χ0) is 17.4. The summed E-state index contributed by atoms with van der Waals surface area (Å²) in [6, 6.07) is 5.05. The van der Waals surface area contributed by atoms with Crippen molar-refractivity contribution in [3.05, 3.63) is 23.8 Å². The molecule has 1 saturated heterocycles. The van der Waals surface area contributed by atoms with E-state index in [4.69, 9.17) is 14.2 Å². The van der Waals surface area contributed by atoms with Gasteiger partial charge in [0.25, 0.3) is 0 Å². The largest absolute Gasteiger partial charge is 0.497 e. The maximum absolute atomic E-state index is 12.2. The predicted molar refractivity (Wildman–Crippen MR) is 93.0 cm³/mol. The molecule has 1 aliphatic heterocycles. The number of esters is 1. The second kappa shape index (κ2) is 9.49. The summed E-state index contributed by atoms with van der Waals surface area (Å²) < 4.78 is 15.7. The molecule has 2 rings (SSSR count). The van der Waals surface area contributed by atoms with Crippen LogP contribution in [0.1, 0.15) is 23.2 Å². The highest BCUT2D eigenvalue weighted by Crippen LogP contribution is 2.23. The van der Waals surface area contributed by atoms with Gasteiger partial charge in [-0.1, -0.05) is 0 Å². The van der Waals surface area contributed by atoms with E-state index in [1.165, 1.54) is 6.42 Å². The Morgan fingerprint density at radius 2 is 1.75 bits per heavy atom. The van der Waals surface area contributed by atoms with E-state index in [-0.39, 0.29) is 5.97 Å². The van der Waals surface area contributed by atoms with Crippen molar-refractivity contribution >= 4 is 5.97 Å². The number of benzene rings is 1. The number of ether oxygens (including phenoxy) is 3. The summed E-state index contributed by atoms with van der Waals surface area (Å²) in [7, 11) is 5.28. The van der Waals surface area contributed by atoms with Crippen LogP contribution >= 0.6 is 0 Å². The van der Waals surface area contributed by atoms with E-state index in [1.54, 1.807) is 32.4 Å². The standard InChI is InChI=1S/C18H28N2O4/c1-19-6-4-7-20(10-9-19)8-5-11-24-18(21)15-12-16(22-2)14-17(13-15)23-3/h12-14H,4-11H2,1-3H3. The molecule has 0 amide bonds. The average Bonchev–Trinajstić information content (AvgIpc) is 2.82. The number of carbonyl (C=O) groups excluding carboxylic acids is 1. The third kappa shape index (κ3) is 5.69. The SMILES string of the molecule is COc1cc(OC)cc(C(=O)OCCCN2CCCN(C)CC2)c1. The minimum Gasteiger partial charge on any atom is -0.497 e. The highest BCUT2D eigenvalue weighted by molar-refractivity contribution is 5.90. The summed E-state index contributed by atoms with van der Waals surface area (Å²) in [5.41, 5.74) is 0.447. The second-order valence-corrected chi connectivity index (χ2v) is 6.09. The minimum absolute atomic E-state index is 0.345. The molecule has 0 aliphatic carbocycles. The predicted octanol–water partition coefficient (Wildman–Crippen LogP) is 1.89. The van der Waals surface area contributed by atoms with E-state index < -0.39 is 0 Å². The second-order valence-electron chi connectivity index (χ2n) is 6.09. The van der Waals surface area contributed by atoms with E-state index >= 15 is 0 Å². The number of hydrogen-bond acceptors (Lipinski definition) is 6. The van der Waals surface area contributed by atoms with Gasteiger partial charge in [0, 0.05) is 25.7 Å². The van der Waals surface area contributed by atoms with Crippen molar-refractivity contribution in [3.63, 3.8) is 0 Å². The first-order valence-electron chi connectivity index (χ1n) is 8.43. The van der Waals surface area contributed by atoms with Crippen LogP contribution in [-0.2, 0) is 4.74 Å². The number of rotatable bonds is 7. The van der Waals surface area contributed by atoms with Gasteiger partial charge in [-0.15, -0.1) is 0 Å². The molecule has 24 heavy (non-hydrogen) atoms. The maximum Gasteiger partial charge on any atom is 0.338 e. The van der Waals surface area contributed by atoms with Crippen LogP contribution in [0, 0.1) is 0 Å². The molecule has 134 valence electrons. The molecule has 0 N–H and O–H groups in total. The summed E-state index contributed by atoms with van der Waals surface area (Å²) in [5, 5.41) is 0. The summed E-state index contributed by atoms with van der Waals surface area (Å²) in [6.45, 7) is 5.84. The minimum atomic E-state index is -0.345. The Hall–Kier alpha value is -1.79. The summed E-state index contributed by atoms with van der Waals surface area (Å²) in [4.78, 5) is 17.0. The van der Waals surface area contributed by atoms with Crippen LogP contribution in [0.5, 0.6) is 11.5 Å². The number of nitrogens with zero attached hydrogens (tertiary/aromatic N) is 2. The molecule has 0 aromatic heterocycles. The molecular formula is C18H28N2O4. The van der Waals surface area contributed by atoms with Crippen molar-refractivity contribution in [2.45, 2.75) is 12.8 Å². The summed E-state index contributed by atoms with van der Waals surface area (Å²) >= 11 is 0. The molecule has 1 fully saturated rings. The first-order valence-corrected chi connectivity index (χ1v) is 8.43. The van der Waals surface area contributed by atoms with Crippen molar-refractivity contribution in [2.24, 2.45) is 0 Å². The van der Waals surface area contributed by atoms with E-state index in [1.807, 2.05) is 0 Å². The molecule has 1 aromatic carbocycles. The van der Waals surface area contributed by atoms with Crippen molar-refractivity contribution in [1.29, 1.82) is 0 Å². The van der Waals surface area contributed by atoms with Gasteiger partial charge in [0.1, 0.15) is 11.5 Å². The van der Waals surface area contributed by atoms with Crippen LogP contribution in [0.25, 0.3) is 0 Å². The first-order chi connectivity index (χ1) is 11.6. The van der Waals surface area contributed by atoms with Gasteiger partial charge < -0.3 is 24.0 Å². The summed E-state index contributed by atoms with van der Waals surface area (Å²) in [5.74, 6) is 0.813. The molecule has 0 radical (unpaired) electrons. The average molecular weight is 336 g/mol. The van der Waals surface area contributed by atoms with Gasteiger partial charge in [-0.3, -0.25) is 0 Å². The molecule has 6 nitrogen and oxygen atoms in total. The Morgan fingerprint density at radius 1 is 1.04 bits per heavy atom. The van der Waals surface area contributed by atoms with Gasteiger partial charge in [-0.2, -0.15) is 0 Å². The number of likely N-dealkylation sites (N-methyl/N-ethyl adjacent to an activating group) is 1. The van der Waals surface area contributed by atoms with Crippen molar-refractivity contribution in [3.8, 4) is 11.5 Å². The third-order valence-corrected chi connectivity index (χ3v) is 4.25. The smallest absolute Gasteiger partial charge is 0.338 e. The van der Waals surface area contributed by atoms with Crippen molar-refractivity contribution < 1.29 is 19.0 Å². The van der Waals surface area contributed by atoms with Crippen LogP contribution in [0.3, 0.4) is 0 Å². The molecular weight excluding hydrogens is 308 g/mol. The first kappa shape index (κ1) is 18.5. The zero-order valence-electron chi connectivity index (χ0n) is 14.9. The van der Waals surface area contributed by atoms with Gasteiger partial charge in [0.15, 0.2) is 0 Å². The lowest BCUT2D eigenvalue weighted by atomic mass is 10.2. The zero-order valence-corrected chi connectivity index (χ0v) is 14.9. The summed E-state index contributed by atoms with van der Waals surface area (Å²) in [6.07, 6.45) is 2.04. The lowest BCUT2D eigenvalue weighted by Gasteiger charge is -2.19.